The van der Waals surface area contributed by atoms with E-state index < -0.39 is 0 Å². The number of rotatable bonds is 5. The van der Waals surface area contributed by atoms with Gasteiger partial charge >= 0.3 is 0 Å². The average molecular weight is 272 g/mol. The van der Waals surface area contributed by atoms with Crippen LogP contribution in [0.2, 0.25) is 0 Å². The van der Waals surface area contributed by atoms with Crippen LogP contribution in [-0.4, -0.2) is 24.1 Å². The van der Waals surface area contributed by atoms with Crippen LogP contribution in [0.1, 0.15) is 18.1 Å². The number of benzene rings is 1. The molecule has 2 rings (SSSR count). The van der Waals surface area contributed by atoms with E-state index in [0.29, 0.717) is 5.82 Å². The zero-order chi connectivity index (χ0) is 14.5. The summed E-state index contributed by atoms with van der Waals surface area (Å²) >= 11 is 0. The first-order chi connectivity index (χ1) is 9.65. The molecule has 0 amide bonds. The molecular formula is C15H20N4O. The van der Waals surface area contributed by atoms with E-state index in [1.807, 2.05) is 25.2 Å². The Hall–Kier alpha value is -2.30. The lowest BCUT2D eigenvalue weighted by Crippen LogP contribution is -2.20. The van der Waals surface area contributed by atoms with E-state index in [4.69, 9.17) is 10.5 Å². The van der Waals surface area contributed by atoms with Crippen LogP contribution in [0.3, 0.4) is 0 Å². The Labute approximate surface area is 119 Å². The summed E-state index contributed by atoms with van der Waals surface area (Å²) in [4.78, 5) is 10.5. The molecule has 1 aromatic heterocycles. The standard InChI is InChI=1S/C15H20N4O/c1-4-13-14(16)17-10-18-15(13)19(2)9-11-6-5-7-12(8-11)20-3/h5-8,10H,4,9H2,1-3H3,(H2,16,17,18). The number of methoxy groups -OCH3 is 1. The molecule has 0 atom stereocenters. The van der Waals surface area contributed by atoms with Gasteiger partial charge in [-0.15, -0.1) is 0 Å². The lowest BCUT2D eigenvalue weighted by atomic mass is 10.1. The van der Waals surface area contributed by atoms with Crippen LogP contribution in [0, 0.1) is 0 Å². The Morgan fingerprint density at radius 1 is 1.30 bits per heavy atom. The van der Waals surface area contributed by atoms with Crippen molar-refractivity contribution in [1.82, 2.24) is 9.97 Å². The van der Waals surface area contributed by atoms with Gasteiger partial charge in [0.25, 0.3) is 0 Å². The minimum Gasteiger partial charge on any atom is -0.497 e. The number of hydrogen-bond donors (Lipinski definition) is 1. The number of hydrogen-bond acceptors (Lipinski definition) is 5. The normalized spacial score (nSPS) is 10.3. The van der Waals surface area contributed by atoms with E-state index >= 15 is 0 Å². The SMILES string of the molecule is CCc1c(N)ncnc1N(C)Cc1cccc(OC)c1. The van der Waals surface area contributed by atoms with Gasteiger partial charge < -0.3 is 15.4 Å². The first kappa shape index (κ1) is 14.1. The number of anilines is 2. The third-order valence-corrected chi connectivity index (χ3v) is 3.22. The molecule has 5 nitrogen and oxygen atoms in total. The van der Waals surface area contributed by atoms with Gasteiger partial charge in [-0.25, -0.2) is 9.97 Å². The second-order valence-corrected chi connectivity index (χ2v) is 4.62. The van der Waals surface area contributed by atoms with E-state index in [9.17, 15) is 0 Å². The smallest absolute Gasteiger partial charge is 0.137 e. The van der Waals surface area contributed by atoms with Gasteiger partial charge in [0.05, 0.1) is 7.11 Å². The molecule has 0 bridgehead atoms. The van der Waals surface area contributed by atoms with Crippen molar-refractivity contribution >= 4 is 11.6 Å². The molecule has 0 aliphatic rings. The Morgan fingerprint density at radius 2 is 2.10 bits per heavy atom. The molecule has 2 N–H and O–H groups in total. The highest BCUT2D eigenvalue weighted by Crippen LogP contribution is 2.23. The fraction of sp³-hybridized carbons (Fsp3) is 0.333. The van der Waals surface area contributed by atoms with Gasteiger partial charge in [-0.3, -0.25) is 0 Å². The van der Waals surface area contributed by atoms with Crippen LogP contribution < -0.4 is 15.4 Å². The van der Waals surface area contributed by atoms with Crippen molar-refractivity contribution in [2.24, 2.45) is 0 Å². The van der Waals surface area contributed by atoms with Gasteiger partial charge in [0, 0.05) is 19.2 Å². The number of nitrogens with zero attached hydrogens (tertiary/aromatic N) is 3. The number of aromatic nitrogens is 2. The summed E-state index contributed by atoms with van der Waals surface area (Å²) in [6.45, 7) is 2.79. The van der Waals surface area contributed by atoms with E-state index in [-0.39, 0.29) is 0 Å². The Kier molecular flexibility index (Phi) is 4.40. The number of nitrogens with two attached hydrogens (primary N) is 1. The van der Waals surface area contributed by atoms with Crippen molar-refractivity contribution in [2.75, 3.05) is 24.8 Å². The van der Waals surface area contributed by atoms with Gasteiger partial charge in [-0.1, -0.05) is 19.1 Å². The number of ether oxygens (including phenoxy) is 1. The molecule has 106 valence electrons. The minimum atomic E-state index is 0.551. The Bertz CT molecular complexity index is 586. The molecule has 1 heterocycles. The predicted octanol–water partition coefficient (Wildman–Crippen LogP) is 2.27. The third-order valence-electron chi connectivity index (χ3n) is 3.22. The molecule has 0 fully saturated rings. The maximum absolute atomic E-state index is 5.91. The molecule has 0 aliphatic carbocycles. The summed E-state index contributed by atoms with van der Waals surface area (Å²) in [6.07, 6.45) is 2.32. The highest BCUT2D eigenvalue weighted by Gasteiger charge is 2.12. The average Bonchev–Trinajstić information content (AvgIpc) is 2.47. The molecule has 1 aromatic carbocycles. The third kappa shape index (κ3) is 2.99. The topological polar surface area (TPSA) is 64.3 Å². The highest BCUT2D eigenvalue weighted by molar-refractivity contribution is 5.56. The van der Waals surface area contributed by atoms with Gasteiger partial charge in [-0.2, -0.15) is 0 Å². The second-order valence-electron chi connectivity index (χ2n) is 4.62. The van der Waals surface area contributed by atoms with Crippen molar-refractivity contribution in [3.63, 3.8) is 0 Å². The van der Waals surface area contributed by atoms with Gasteiger partial charge in [0.15, 0.2) is 0 Å². The van der Waals surface area contributed by atoms with Crippen molar-refractivity contribution in [2.45, 2.75) is 19.9 Å². The van der Waals surface area contributed by atoms with Crippen molar-refractivity contribution in [3.05, 3.63) is 41.7 Å². The molecule has 5 heteroatoms. The fourth-order valence-electron chi connectivity index (χ4n) is 2.20. The Balaban J connectivity index is 2.23. The van der Waals surface area contributed by atoms with E-state index in [0.717, 1.165) is 35.7 Å². The molecule has 0 saturated heterocycles. The second kappa shape index (κ2) is 6.23. The molecule has 0 spiro atoms. The molecule has 20 heavy (non-hydrogen) atoms. The van der Waals surface area contributed by atoms with Gasteiger partial charge in [-0.05, 0) is 24.1 Å². The summed E-state index contributed by atoms with van der Waals surface area (Å²) in [7, 11) is 3.67. The minimum absolute atomic E-state index is 0.551. The maximum atomic E-state index is 5.91. The monoisotopic (exact) mass is 272 g/mol. The quantitative estimate of drug-likeness (QED) is 0.904. The zero-order valence-corrected chi connectivity index (χ0v) is 12.1. The lowest BCUT2D eigenvalue weighted by molar-refractivity contribution is 0.414. The highest BCUT2D eigenvalue weighted by atomic mass is 16.5. The van der Waals surface area contributed by atoms with Crippen LogP contribution in [-0.2, 0) is 13.0 Å². The molecule has 0 aliphatic heterocycles. The van der Waals surface area contributed by atoms with Crippen LogP contribution in [0.4, 0.5) is 11.6 Å². The fourth-order valence-corrected chi connectivity index (χ4v) is 2.20. The van der Waals surface area contributed by atoms with E-state index in [1.54, 1.807) is 7.11 Å². The van der Waals surface area contributed by atoms with E-state index in [1.165, 1.54) is 6.33 Å². The van der Waals surface area contributed by atoms with Gasteiger partial charge in [0.2, 0.25) is 0 Å². The molecular weight excluding hydrogens is 252 g/mol. The summed E-state index contributed by atoms with van der Waals surface area (Å²) in [5.41, 5.74) is 8.05. The van der Waals surface area contributed by atoms with Crippen molar-refractivity contribution in [3.8, 4) is 5.75 Å². The van der Waals surface area contributed by atoms with Crippen LogP contribution >= 0.6 is 0 Å². The molecule has 0 radical (unpaired) electrons. The van der Waals surface area contributed by atoms with Crippen molar-refractivity contribution in [1.29, 1.82) is 0 Å². The first-order valence-corrected chi connectivity index (χ1v) is 6.59. The first-order valence-electron chi connectivity index (χ1n) is 6.59. The summed E-state index contributed by atoms with van der Waals surface area (Å²) in [5.74, 6) is 2.28. The number of nitrogen functional groups attached to an aromatic ring is 1. The Morgan fingerprint density at radius 3 is 2.80 bits per heavy atom. The van der Waals surface area contributed by atoms with Crippen molar-refractivity contribution < 1.29 is 4.74 Å². The zero-order valence-electron chi connectivity index (χ0n) is 12.1. The molecule has 2 aromatic rings. The van der Waals surface area contributed by atoms with Gasteiger partial charge in [0.1, 0.15) is 23.7 Å². The predicted molar refractivity (Wildman–Crippen MR) is 80.9 cm³/mol. The van der Waals surface area contributed by atoms with Crippen LogP contribution in [0.15, 0.2) is 30.6 Å². The van der Waals surface area contributed by atoms with E-state index in [2.05, 4.69) is 27.9 Å². The maximum Gasteiger partial charge on any atom is 0.137 e. The molecule has 0 unspecified atom stereocenters. The largest absolute Gasteiger partial charge is 0.497 e. The summed E-state index contributed by atoms with van der Waals surface area (Å²) in [6, 6.07) is 8.00. The van der Waals surface area contributed by atoms with Crippen LogP contribution in [0.5, 0.6) is 5.75 Å². The lowest BCUT2D eigenvalue weighted by Gasteiger charge is -2.21. The summed E-state index contributed by atoms with van der Waals surface area (Å²) < 4.78 is 5.24. The molecule has 0 saturated carbocycles. The van der Waals surface area contributed by atoms with Crippen LogP contribution in [0.25, 0.3) is 0 Å². The summed E-state index contributed by atoms with van der Waals surface area (Å²) in [5, 5.41) is 0.